The minimum Gasteiger partial charge on any atom is -0.335 e. The van der Waals surface area contributed by atoms with E-state index in [4.69, 9.17) is 0 Å². The molecule has 1 aliphatic heterocycles. The van der Waals surface area contributed by atoms with Gasteiger partial charge in [-0.2, -0.15) is 5.10 Å². The van der Waals surface area contributed by atoms with Crippen LogP contribution in [-0.2, 0) is 0 Å². The Morgan fingerprint density at radius 1 is 1.05 bits per heavy atom. The third-order valence-electron chi connectivity index (χ3n) is 5.31. The van der Waals surface area contributed by atoms with Crippen LogP contribution in [0.5, 0.6) is 0 Å². The number of carbonyl (C=O) groups is 1. The van der Waals surface area contributed by atoms with Crippen molar-refractivity contribution in [2.45, 2.75) is 69.2 Å². The van der Waals surface area contributed by atoms with E-state index in [1.54, 1.807) is 0 Å². The fourth-order valence-electron chi connectivity index (χ4n) is 3.69. The van der Waals surface area contributed by atoms with E-state index in [1.165, 1.54) is 25.7 Å². The lowest BCUT2D eigenvalue weighted by Crippen LogP contribution is -2.47. The van der Waals surface area contributed by atoms with E-state index in [1.807, 2.05) is 4.90 Å². The Morgan fingerprint density at radius 3 is 2.45 bits per heavy atom. The summed E-state index contributed by atoms with van der Waals surface area (Å²) in [7, 11) is 0. The van der Waals surface area contributed by atoms with Crippen molar-refractivity contribution in [1.29, 1.82) is 0 Å². The normalized spacial score (nSPS) is 23.9. The van der Waals surface area contributed by atoms with Gasteiger partial charge in [-0.1, -0.05) is 12.8 Å². The molecule has 0 spiro atoms. The van der Waals surface area contributed by atoms with Gasteiger partial charge < -0.3 is 10.2 Å². The summed E-state index contributed by atoms with van der Waals surface area (Å²) in [5, 5.41) is 10.6. The zero-order chi connectivity index (χ0) is 14.9. The highest BCUT2D eigenvalue weighted by Crippen LogP contribution is 2.38. The van der Waals surface area contributed by atoms with Crippen molar-refractivity contribution >= 4 is 6.03 Å². The fraction of sp³-hybridized carbons (Fsp3) is 0.812. The number of nitrogens with one attached hydrogen (secondary N) is 2. The lowest BCUT2D eigenvalue weighted by molar-refractivity contribution is 0.177. The molecule has 0 radical (unpaired) electrons. The molecule has 2 N–H and O–H groups in total. The van der Waals surface area contributed by atoms with Crippen molar-refractivity contribution in [3.63, 3.8) is 0 Å². The average Bonchev–Trinajstić information content (AvgIpc) is 3.06. The quantitative estimate of drug-likeness (QED) is 0.901. The van der Waals surface area contributed by atoms with Gasteiger partial charge in [0.25, 0.3) is 0 Å². The first-order chi connectivity index (χ1) is 10.8. The summed E-state index contributed by atoms with van der Waals surface area (Å²) in [6.07, 6.45) is 9.22. The number of nitrogens with zero attached hydrogens (tertiary/aromatic N) is 3. The van der Waals surface area contributed by atoms with Crippen LogP contribution in [-0.4, -0.2) is 45.2 Å². The largest absolute Gasteiger partial charge is 0.335 e. The van der Waals surface area contributed by atoms with E-state index in [2.05, 4.69) is 20.5 Å². The number of carbonyl (C=O) groups excluding carboxylic acids is 1. The number of rotatable bonds is 3. The van der Waals surface area contributed by atoms with Crippen LogP contribution in [0.1, 0.15) is 74.9 Å². The van der Waals surface area contributed by atoms with E-state index in [9.17, 15) is 4.79 Å². The average molecular weight is 303 g/mol. The molecular weight excluding hydrogens is 278 g/mol. The van der Waals surface area contributed by atoms with Crippen molar-refractivity contribution in [2.75, 3.05) is 13.1 Å². The summed E-state index contributed by atoms with van der Waals surface area (Å²) in [5.74, 6) is 3.05. The van der Waals surface area contributed by atoms with Crippen LogP contribution >= 0.6 is 0 Å². The van der Waals surface area contributed by atoms with Crippen LogP contribution in [0.25, 0.3) is 0 Å². The first-order valence-electron chi connectivity index (χ1n) is 8.77. The Morgan fingerprint density at radius 2 is 1.77 bits per heavy atom. The van der Waals surface area contributed by atoms with Gasteiger partial charge in [0.2, 0.25) is 0 Å². The molecule has 2 saturated carbocycles. The van der Waals surface area contributed by atoms with Gasteiger partial charge in [-0.3, -0.25) is 5.10 Å². The smallest absolute Gasteiger partial charge is 0.317 e. The molecule has 2 aliphatic carbocycles. The highest BCUT2D eigenvalue weighted by Gasteiger charge is 2.31. The van der Waals surface area contributed by atoms with Crippen LogP contribution in [0, 0.1) is 0 Å². The molecule has 1 saturated heterocycles. The molecule has 6 nitrogen and oxygen atoms in total. The first kappa shape index (κ1) is 14.0. The van der Waals surface area contributed by atoms with Gasteiger partial charge in [0.1, 0.15) is 5.82 Å². The second kappa shape index (κ2) is 5.89. The Kier molecular flexibility index (Phi) is 3.76. The number of aromatic amines is 1. The molecule has 1 aromatic rings. The molecule has 120 valence electrons. The Labute approximate surface area is 131 Å². The number of aromatic nitrogens is 3. The van der Waals surface area contributed by atoms with E-state index in [0.29, 0.717) is 17.9 Å². The van der Waals surface area contributed by atoms with Crippen LogP contribution in [0.15, 0.2) is 0 Å². The highest BCUT2D eigenvalue weighted by molar-refractivity contribution is 5.74. The number of H-pyrrole nitrogens is 1. The minimum absolute atomic E-state index is 0.126. The van der Waals surface area contributed by atoms with Gasteiger partial charge in [-0.05, 0) is 38.5 Å². The third-order valence-corrected chi connectivity index (χ3v) is 5.31. The SMILES string of the molecule is O=C(NC1CCCC1)N1CCC(c2nc(C3CC3)n[nH]2)CC1. The fourth-order valence-corrected chi connectivity index (χ4v) is 3.69. The maximum Gasteiger partial charge on any atom is 0.317 e. The van der Waals surface area contributed by atoms with Gasteiger partial charge in [0, 0.05) is 31.0 Å². The number of urea groups is 1. The van der Waals surface area contributed by atoms with Gasteiger partial charge in [-0.25, -0.2) is 9.78 Å². The lowest BCUT2D eigenvalue weighted by Gasteiger charge is -2.32. The zero-order valence-corrected chi connectivity index (χ0v) is 13.1. The predicted octanol–water partition coefficient (Wildman–Crippen LogP) is 2.51. The minimum atomic E-state index is 0.126. The monoisotopic (exact) mass is 303 g/mol. The predicted molar refractivity (Wildman–Crippen MR) is 82.7 cm³/mol. The molecule has 0 atom stereocenters. The van der Waals surface area contributed by atoms with Crippen molar-refractivity contribution < 1.29 is 4.79 Å². The second-order valence-corrected chi connectivity index (χ2v) is 7.05. The maximum absolute atomic E-state index is 12.3. The standard InChI is InChI=1S/C16H25N5O/c22-16(17-13-3-1-2-4-13)21-9-7-12(8-10-21)15-18-14(19-20-15)11-5-6-11/h11-13H,1-10H2,(H,17,22)(H,18,19,20). The summed E-state index contributed by atoms with van der Waals surface area (Å²) < 4.78 is 0. The topological polar surface area (TPSA) is 73.9 Å². The van der Waals surface area contributed by atoms with Gasteiger partial charge >= 0.3 is 6.03 Å². The van der Waals surface area contributed by atoms with E-state index >= 15 is 0 Å². The summed E-state index contributed by atoms with van der Waals surface area (Å²) in [6, 6.07) is 0.530. The van der Waals surface area contributed by atoms with Crippen LogP contribution in [0.2, 0.25) is 0 Å². The first-order valence-corrected chi connectivity index (χ1v) is 8.77. The summed E-state index contributed by atoms with van der Waals surface area (Å²) in [5.41, 5.74) is 0. The molecule has 0 aromatic carbocycles. The summed E-state index contributed by atoms with van der Waals surface area (Å²) >= 11 is 0. The third kappa shape index (κ3) is 2.96. The maximum atomic E-state index is 12.3. The Bertz CT molecular complexity index is 524. The molecule has 0 unspecified atom stereocenters. The molecule has 3 fully saturated rings. The van der Waals surface area contributed by atoms with Crippen LogP contribution in [0.3, 0.4) is 0 Å². The van der Waals surface area contributed by atoms with Crippen molar-refractivity contribution in [3.05, 3.63) is 11.6 Å². The molecule has 6 heteroatoms. The molecule has 22 heavy (non-hydrogen) atoms. The van der Waals surface area contributed by atoms with Crippen molar-refractivity contribution in [2.24, 2.45) is 0 Å². The molecular formula is C16H25N5O. The molecule has 2 heterocycles. The molecule has 2 amide bonds. The Balaban J connectivity index is 1.28. The lowest BCUT2D eigenvalue weighted by atomic mass is 9.96. The molecule has 3 aliphatic rings. The van der Waals surface area contributed by atoms with Crippen LogP contribution < -0.4 is 5.32 Å². The zero-order valence-electron chi connectivity index (χ0n) is 13.1. The van der Waals surface area contributed by atoms with Gasteiger partial charge in [0.15, 0.2) is 5.82 Å². The van der Waals surface area contributed by atoms with E-state index in [-0.39, 0.29) is 6.03 Å². The molecule has 0 bridgehead atoms. The van der Waals surface area contributed by atoms with Crippen molar-refractivity contribution in [1.82, 2.24) is 25.4 Å². The molecule has 1 aromatic heterocycles. The van der Waals surface area contributed by atoms with Gasteiger partial charge in [0.05, 0.1) is 0 Å². The number of piperidine rings is 1. The van der Waals surface area contributed by atoms with E-state index in [0.717, 1.165) is 50.4 Å². The number of likely N-dealkylation sites (tertiary alicyclic amines) is 1. The number of hydrogen-bond donors (Lipinski definition) is 2. The highest BCUT2D eigenvalue weighted by atomic mass is 16.2. The molecule has 4 rings (SSSR count). The van der Waals surface area contributed by atoms with Crippen molar-refractivity contribution in [3.8, 4) is 0 Å². The Hall–Kier alpha value is -1.59. The second-order valence-electron chi connectivity index (χ2n) is 7.05. The summed E-state index contributed by atoms with van der Waals surface area (Å²) in [4.78, 5) is 18.9. The number of amides is 2. The van der Waals surface area contributed by atoms with Gasteiger partial charge in [-0.15, -0.1) is 0 Å². The van der Waals surface area contributed by atoms with E-state index < -0.39 is 0 Å². The van der Waals surface area contributed by atoms with Crippen LogP contribution in [0.4, 0.5) is 4.79 Å². The summed E-state index contributed by atoms with van der Waals surface area (Å²) in [6.45, 7) is 1.64. The number of hydrogen-bond acceptors (Lipinski definition) is 3.